The van der Waals surface area contributed by atoms with Gasteiger partial charge in [0.15, 0.2) is 0 Å². The Balaban J connectivity index is 0.00000243. The van der Waals surface area contributed by atoms with Gasteiger partial charge in [0.2, 0.25) is 5.91 Å². The molecule has 0 aliphatic rings. The molecule has 0 saturated carbocycles. The normalized spacial score (nSPS) is 14.3. The molecular weight excluding hydrogens is 348 g/mol. The Morgan fingerprint density at radius 1 is 1.04 bits per heavy atom. The molecule has 1 heterocycles. The monoisotopic (exact) mass is 372 g/mol. The summed E-state index contributed by atoms with van der Waals surface area (Å²) in [5, 5.41) is 4.11. The molecule has 3 unspecified atom stereocenters. The molecule has 0 aliphatic heterocycles. The summed E-state index contributed by atoms with van der Waals surface area (Å²) in [5.74, 6) is 0.369. The fourth-order valence-electron chi connectivity index (χ4n) is 3.14. The average Bonchev–Trinajstić information content (AvgIpc) is 2.98. The van der Waals surface area contributed by atoms with Gasteiger partial charge in [-0.2, -0.15) is 0 Å². The van der Waals surface area contributed by atoms with E-state index in [2.05, 4.69) is 5.32 Å². The Morgan fingerprint density at radius 2 is 1.65 bits per heavy atom. The summed E-state index contributed by atoms with van der Waals surface area (Å²) in [6, 6.07) is 17.0. The molecule has 3 aromatic rings. The third-order valence-corrected chi connectivity index (χ3v) is 4.77. The van der Waals surface area contributed by atoms with Gasteiger partial charge in [0.05, 0.1) is 12.0 Å². The molecule has 2 aromatic carbocycles. The number of halogens is 1. The number of carbonyl (C=O) groups excluding carboxylic acids is 1. The minimum Gasteiger partial charge on any atom is -0.459 e. The van der Waals surface area contributed by atoms with Crippen LogP contribution >= 0.6 is 12.4 Å². The van der Waals surface area contributed by atoms with Crippen LogP contribution in [-0.4, -0.2) is 5.91 Å². The Labute approximate surface area is 160 Å². The van der Waals surface area contributed by atoms with Gasteiger partial charge in [-0.1, -0.05) is 55.5 Å². The molecule has 3 rings (SSSR count). The van der Waals surface area contributed by atoms with Crippen LogP contribution in [0.25, 0.3) is 11.0 Å². The van der Waals surface area contributed by atoms with Crippen LogP contribution in [0.15, 0.2) is 59.0 Å². The second-order valence-corrected chi connectivity index (χ2v) is 6.54. The summed E-state index contributed by atoms with van der Waals surface area (Å²) in [7, 11) is 0. The van der Waals surface area contributed by atoms with Gasteiger partial charge in [-0.3, -0.25) is 4.79 Å². The van der Waals surface area contributed by atoms with E-state index in [0.717, 1.165) is 27.9 Å². The summed E-state index contributed by atoms with van der Waals surface area (Å²) in [4.78, 5) is 12.6. The lowest BCUT2D eigenvalue weighted by molar-refractivity contribution is -0.125. The van der Waals surface area contributed by atoms with Crippen LogP contribution in [0.1, 0.15) is 42.8 Å². The third-order valence-electron chi connectivity index (χ3n) is 4.77. The number of amides is 1. The highest BCUT2D eigenvalue weighted by Crippen LogP contribution is 2.29. The number of aryl methyl sites for hydroxylation is 1. The molecular formula is C21H25ClN2O2. The fraction of sp³-hybridized carbons (Fsp3) is 0.286. The first-order valence-electron chi connectivity index (χ1n) is 8.58. The number of rotatable bonds is 5. The molecule has 3 atom stereocenters. The maximum atomic E-state index is 12.6. The SMILES string of the molecule is Cc1c(C(C)NC(=O)C(C)C(N)c2ccccc2)oc2ccccc12.Cl. The smallest absolute Gasteiger partial charge is 0.225 e. The zero-order chi connectivity index (χ0) is 18.0. The molecule has 0 radical (unpaired) electrons. The van der Waals surface area contributed by atoms with E-state index >= 15 is 0 Å². The van der Waals surface area contributed by atoms with Crippen LogP contribution in [0, 0.1) is 12.8 Å². The van der Waals surface area contributed by atoms with Crippen molar-refractivity contribution in [3.63, 3.8) is 0 Å². The molecule has 3 N–H and O–H groups in total. The molecule has 5 heteroatoms. The van der Waals surface area contributed by atoms with Gasteiger partial charge in [0.1, 0.15) is 11.3 Å². The number of hydrogen-bond acceptors (Lipinski definition) is 3. The molecule has 0 aliphatic carbocycles. The Bertz CT molecular complexity index is 876. The van der Waals surface area contributed by atoms with Gasteiger partial charge in [0.25, 0.3) is 0 Å². The Kier molecular flexibility index (Phi) is 6.46. The van der Waals surface area contributed by atoms with Crippen molar-refractivity contribution in [2.75, 3.05) is 0 Å². The minimum atomic E-state index is -0.342. The molecule has 26 heavy (non-hydrogen) atoms. The molecule has 0 fully saturated rings. The molecule has 0 spiro atoms. The third kappa shape index (κ3) is 3.92. The predicted molar refractivity (Wildman–Crippen MR) is 107 cm³/mol. The fourth-order valence-corrected chi connectivity index (χ4v) is 3.14. The van der Waals surface area contributed by atoms with Crippen molar-refractivity contribution in [2.24, 2.45) is 11.7 Å². The van der Waals surface area contributed by atoms with E-state index in [4.69, 9.17) is 10.2 Å². The second kappa shape index (κ2) is 8.39. The molecule has 1 amide bonds. The molecule has 138 valence electrons. The zero-order valence-electron chi connectivity index (χ0n) is 15.2. The summed E-state index contributed by atoms with van der Waals surface area (Å²) < 4.78 is 5.94. The lowest BCUT2D eigenvalue weighted by atomic mass is 9.94. The van der Waals surface area contributed by atoms with Crippen molar-refractivity contribution in [1.82, 2.24) is 5.32 Å². The topological polar surface area (TPSA) is 68.3 Å². The van der Waals surface area contributed by atoms with Gasteiger partial charge in [-0.15, -0.1) is 12.4 Å². The number of nitrogens with two attached hydrogens (primary N) is 1. The summed E-state index contributed by atoms with van der Waals surface area (Å²) in [6.07, 6.45) is 0. The van der Waals surface area contributed by atoms with Gasteiger partial charge in [0, 0.05) is 17.0 Å². The van der Waals surface area contributed by atoms with E-state index in [0.29, 0.717) is 0 Å². The summed E-state index contributed by atoms with van der Waals surface area (Å²) in [5.41, 5.74) is 9.11. The van der Waals surface area contributed by atoms with Gasteiger partial charge in [-0.05, 0) is 25.5 Å². The molecule has 4 nitrogen and oxygen atoms in total. The van der Waals surface area contributed by atoms with E-state index in [1.54, 1.807) is 0 Å². The van der Waals surface area contributed by atoms with Crippen molar-refractivity contribution in [1.29, 1.82) is 0 Å². The zero-order valence-corrected chi connectivity index (χ0v) is 16.0. The minimum absolute atomic E-state index is 0. The van der Waals surface area contributed by atoms with E-state index in [1.165, 1.54) is 0 Å². The van der Waals surface area contributed by atoms with Crippen molar-refractivity contribution in [3.8, 4) is 0 Å². The standard InChI is InChI=1S/C21H24N2O2.ClH/c1-13-17-11-7-8-12-18(17)25-20(13)15(3)23-21(24)14(2)19(22)16-9-5-4-6-10-16;/h4-12,14-15,19H,22H2,1-3H3,(H,23,24);1H. The maximum absolute atomic E-state index is 12.6. The van der Waals surface area contributed by atoms with Gasteiger partial charge >= 0.3 is 0 Å². The maximum Gasteiger partial charge on any atom is 0.225 e. The van der Waals surface area contributed by atoms with Crippen LogP contribution in [0.3, 0.4) is 0 Å². The Hall–Kier alpha value is -2.30. The largest absolute Gasteiger partial charge is 0.459 e. The number of fused-ring (bicyclic) bond motifs is 1. The van der Waals surface area contributed by atoms with Crippen LogP contribution in [0.5, 0.6) is 0 Å². The number of benzene rings is 2. The number of hydrogen-bond donors (Lipinski definition) is 2. The first-order chi connectivity index (χ1) is 12.0. The number of carbonyl (C=O) groups is 1. The highest BCUT2D eigenvalue weighted by Gasteiger charge is 2.25. The Morgan fingerprint density at radius 3 is 2.31 bits per heavy atom. The summed E-state index contributed by atoms with van der Waals surface area (Å²) >= 11 is 0. The van der Waals surface area contributed by atoms with Gasteiger partial charge in [-0.25, -0.2) is 0 Å². The quantitative estimate of drug-likeness (QED) is 0.683. The van der Waals surface area contributed by atoms with Crippen molar-refractivity contribution in [3.05, 3.63) is 71.5 Å². The van der Waals surface area contributed by atoms with E-state index < -0.39 is 0 Å². The van der Waals surface area contributed by atoms with Crippen LogP contribution in [0.4, 0.5) is 0 Å². The second-order valence-electron chi connectivity index (χ2n) is 6.54. The first kappa shape index (κ1) is 20.0. The highest BCUT2D eigenvalue weighted by molar-refractivity contribution is 5.85. The van der Waals surface area contributed by atoms with Crippen LogP contribution in [-0.2, 0) is 4.79 Å². The predicted octanol–water partition coefficient (Wildman–Crippen LogP) is 4.68. The number of para-hydroxylation sites is 1. The number of furan rings is 1. The highest BCUT2D eigenvalue weighted by atomic mass is 35.5. The van der Waals surface area contributed by atoms with Crippen molar-refractivity contribution < 1.29 is 9.21 Å². The molecule has 0 saturated heterocycles. The van der Waals surface area contributed by atoms with Crippen LogP contribution < -0.4 is 11.1 Å². The van der Waals surface area contributed by atoms with E-state index in [9.17, 15) is 4.79 Å². The van der Waals surface area contributed by atoms with Crippen molar-refractivity contribution in [2.45, 2.75) is 32.9 Å². The molecule has 0 bridgehead atoms. The summed E-state index contributed by atoms with van der Waals surface area (Å²) in [6.45, 7) is 5.80. The first-order valence-corrected chi connectivity index (χ1v) is 8.58. The average molecular weight is 373 g/mol. The number of nitrogens with one attached hydrogen (secondary N) is 1. The van der Waals surface area contributed by atoms with Crippen LogP contribution in [0.2, 0.25) is 0 Å². The lowest BCUT2D eigenvalue weighted by Crippen LogP contribution is -2.37. The lowest BCUT2D eigenvalue weighted by Gasteiger charge is -2.22. The van der Waals surface area contributed by atoms with Crippen molar-refractivity contribution >= 4 is 29.3 Å². The van der Waals surface area contributed by atoms with E-state index in [-0.39, 0.29) is 36.3 Å². The van der Waals surface area contributed by atoms with E-state index in [1.807, 2.05) is 75.4 Å². The molecule has 1 aromatic heterocycles. The van der Waals surface area contributed by atoms with Gasteiger partial charge < -0.3 is 15.5 Å².